The van der Waals surface area contributed by atoms with Gasteiger partial charge in [-0.25, -0.2) is 4.68 Å². The molecular weight excluding hydrogens is 140 g/mol. The lowest BCUT2D eigenvalue weighted by molar-refractivity contribution is -0.107. The minimum Gasteiger partial charge on any atom is -0.303 e. The van der Waals surface area contributed by atoms with Crippen LogP contribution in [0.2, 0.25) is 0 Å². The maximum Gasteiger partial charge on any atom is 0.120 e. The third-order valence-electron chi connectivity index (χ3n) is 1.39. The van der Waals surface area contributed by atoms with E-state index in [1.54, 1.807) is 17.1 Å². The van der Waals surface area contributed by atoms with E-state index in [0.717, 1.165) is 18.3 Å². The van der Waals surface area contributed by atoms with Crippen LogP contribution >= 0.6 is 0 Å². The van der Waals surface area contributed by atoms with Crippen LogP contribution < -0.4 is 0 Å². The Labute approximate surface area is 65.3 Å². The van der Waals surface area contributed by atoms with E-state index in [2.05, 4.69) is 11.7 Å². The van der Waals surface area contributed by atoms with E-state index in [-0.39, 0.29) is 0 Å². The van der Waals surface area contributed by atoms with Crippen molar-refractivity contribution in [3.8, 4) is 0 Å². The van der Waals surface area contributed by atoms with Crippen LogP contribution in [0.25, 0.3) is 6.20 Å². The van der Waals surface area contributed by atoms with E-state index >= 15 is 0 Å². The second-order valence-electron chi connectivity index (χ2n) is 2.22. The van der Waals surface area contributed by atoms with Crippen molar-refractivity contribution in [3.05, 3.63) is 24.5 Å². The van der Waals surface area contributed by atoms with Gasteiger partial charge in [-0.1, -0.05) is 6.58 Å². The Morgan fingerprint density at radius 2 is 2.55 bits per heavy atom. The topological polar surface area (TPSA) is 34.9 Å². The molecule has 1 aromatic heterocycles. The summed E-state index contributed by atoms with van der Waals surface area (Å²) in [5, 5.41) is 3.97. The third-order valence-corrected chi connectivity index (χ3v) is 1.39. The smallest absolute Gasteiger partial charge is 0.120 e. The molecule has 3 nitrogen and oxygen atoms in total. The van der Waals surface area contributed by atoms with Crippen molar-refractivity contribution in [1.29, 1.82) is 0 Å². The Bertz CT molecular complexity index is 252. The van der Waals surface area contributed by atoms with Gasteiger partial charge in [0.15, 0.2) is 0 Å². The molecule has 1 rings (SSSR count). The number of aldehydes is 1. The highest BCUT2D eigenvalue weighted by atomic mass is 16.1. The van der Waals surface area contributed by atoms with Crippen LogP contribution in [0.5, 0.6) is 0 Å². The molecule has 1 heterocycles. The standard InChI is InChI=1S/C8H10N2O/c1-2-10-7-8(6-9-10)4-3-5-11/h2,5-7H,1,3-4H2. The van der Waals surface area contributed by atoms with Gasteiger partial charge in [0.05, 0.1) is 6.20 Å². The monoisotopic (exact) mass is 150 g/mol. The normalized spacial score (nSPS) is 9.45. The molecule has 0 N–H and O–H groups in total. The zero-order valence-electron chi connectivity index (χ0n) is 6.23. The fourth-order valence-electron chi connectivity index (χ4n) is 0.832. The van der Waals surface area contributed by atoms with Crippen LogP contribution in [0.15, 0.2) is 19.0 Å². The molecule has 0 saturated heterocycles. The number of carbonyl (C=O) groups excluding carboxylic acids is 1. The summed E-state index contributed by atoms with van der Waals surface area (Å²) in [6, 6.07) is 0. The number of rotatable bonds is 4. The van der Waals surface area contributed by atoms with Gasteiger partial charge < -0.3 is 4.79 Å². The Morgan fingerprint density at radius 1 is 1.73 bits per heavy atom. The van der Waals surface area contributed by atoms with Gasteiger partial charge in [-0.05, 0) is 12.0 Å². The maximum absolute atomic E-state index is 10.0. The number of carbonyl (C=O) groups is 1. The highest BCUT2D eigenvalue weighted by molar-refractivity contribution is 5.49. The summed E-state index contributed by atoms with van der Waals surface area (Å²) in [5.74, 6) is 0. The van der Waals surface area contributed by atoms with Crippen molar-refractivity contribution in [3.63, 3.8) is 0 Å². The molecule has 11 heavy (non-hydrogen) atoms. The Hall–Kier alpha value is -1.38. The zero-order chi connectivity index (χ0) is 8.10. The first-order valence-corrected chi connectivity index (χ1v) is 3.46. The molecule has 58 valence electrons. The lowest BCUT2D eigenvalue weighted by atomic mass is 10.2. The van der Waals surface area contributed by atoms with Crippen molar-refractivity contribution >= 4 is 12.5 Å². The number of aryl methyl sites for hydroxylation is 1. The minimum atomic E-state index is 0.558. The molecule has 0 unspecified atom stereocenters. The Balaban J connectivity index is 2.57. The summed E-state index contributed by atoms with van der Waals surface area (Å²) >= 11 is 0. The lowest BCUT2D eigenvalue weighted by Crippen LogP contribution is -1.84. The Kier molecular flexibility index (Phi) is 2.60. The van der Waals surface area contributed by atoms with E-state index in [9.17, 15) is 4.79 Å². The largest absolute Gasteiger partial charge is 0.303 e. The van der Waals surface area contributed by atoms with Crippen LogP contribution in [0.3, 0.4) is 0 Å². The quantitative estimate of drug-likeness (QED) is 0.603. The fraction of sp³-hybridized carbons (Fsp3) is 0.250. The first-order valence-electron chi connectivity index (χ1n) is 3.46. The number of hydrogen-bond acceptors (Lipinski definition) is 2. The summed E-state index contributed by atoms with van der Waals surface area (Å²) in [7, 11) is 0. The van der Waals surface area contributed by atoms with E-state index in [1.807, 2.05) is 6.20 Å². The van der Waals surface area contributed by atoms with Crippen molar-refractivity contribution in [2.45, 2.75) is 12.8 Å². The SMILES string of the molecule is C=Cn1cc(CCC=O)cn1. The fourth-order valence-corrected chi connectivity index (χ4v) is 0.832. The minimum absolute atomic E-state index is 0.558. The van der Waals surface area contributed by atoms with Crippen LogP contribution in [0, 0.1) is 0 Å². The summed E-state index contributed by atoms with van der Waals surface area (Å²) in [6.07, 6.45) is 7.44. The average molecular weight is 150 g/mol. The predicted octanol–water partition coefficient (Wildman–Crippen LogP) is 1.12. The first kappa shape index (κ1) is 7.72. The molecule has 0 aromatic carbocycles. The molecule has 0 aliphatic carbocycles. The summed E-state index contributed by atoms with van der Waals surface area (Å²) < 4.78 is 1.63. The molecule has 1 aromatic rings. The summed E-state index contributed by atoms with van der Waals surface area (Å²) in [4.78, 5) is 10.0. The highest BCUT2D eigenvalue weighted by Crippen LogP contribution is 2.00. The third kappa shape index (κ3) is 2.04. The molecule has 0 bridgehead atoms. The van der Waals surface area contributed by atoms with Gasteiger partial charge >= 0.3 is 0 Å². The van der Waals surface area contributed by atoms with E-state index in [1.165, 1.54) is 0 Å². The van der Waals surface area contributed by atoms with Crippen molar-refractivity contribution < 1.29 is 4.79 Å². The molecule has 0 spiro atoms. The van der Waals surface area contributed by atoms with Gasteiger partial charge in [-0.2, -0.15) is 5.10 Å². The van der Waals surface area contributed by atoms with Gasteiger partial charge in [0, 0.05) is 18.8 Å². The molecule has 0 aliphatic heterocycles. The Morgan fingerprint density at radius 3 is 3.09 bits per heavy atom. The molecule has 0 saturated carbocycles. The zero-order valence-corrected chi connectivity index (χ0v) is 6.23. The van der Waals surface area contributed by atoms with Crippen LogP contribution in [-0.2, 0) is 11.2 Å². The van der Waals surface area contributed by atoms with Crippen LogP contribution in [0.1, 0.15) is 12.0 Å². The first-order chi connectivity index (χ1) is 5.36. The highest BCUT2D eigenvalue weighted by Gasteiger charge is 1.94. The van der Waals surface area contributed by atoms with E-state index < -0.39 is 0 Å². The number of nitrogens with zero attached hydrogens (tertiary/aromatic N) is 2. The van der Waals surface area contributed by atoms with Gasteiger partial charge in [-0.15, -0.1) is 0 Å². The van der Waals surface area contributed by atoms with Crippen molar-refractivity contribution in [2.24, 2.45) is 0 Å². The van der Waals surface area contributed by atoms with E-state index in [0.29, 0.717) is 6.42 Å². The van der Waals surface area contributed by atoms with Gasteiger partial charge in [0.1, 0.15) is 6.29 Å². The summed E-state index contributed by atoms with van der Waals surface area (Å²) in [5.41, 5.74) is 1.07. The molecule has 0 radical (unpaired) electrons. The molecule has 3 heteroatoms. The number of aromatic nitrogens is 2. The summed E-state index contributed by atoms with van der Waals surface area (Å²) in [6.45, 7) is 3.56. The van der Waals surface area contributed by atoms with Gasteiger partial charge in [-0.3, -0.25) is 0 Å². The molecule has 0 amide bonds. The van der Waals surface area contributed by atoms with Crippen molar-refractivity contribution in [1.82, 2.24) is 9.78 Å². The second-order valence-corrected chi connectivity index (χ2v) is 2.22. The van der Waals surface area contributed by atoms with Gasteiger partial charge in [0.25, 0.3) is 0 Å². The lowest BCUT2D eigenvalue weighted by Gasteiger charge is -1.87. The number of hydrogen-bond donors (Lipinski definition) is 0. The van der Waals surface area contributed by atoms with Crippen molar-refractivity contribution in [2.75, 3.05) is 0 Å². The predicted molar refractivity (Wildman–Crippen MR) is 43.0 cm³/mol. The molecule has 0 fully saturated rings. The maximum atomic E-state index is 10.0. The molecular formula is C8H10N2O. The van der Waals surface area contributed by atoms with E-state index in [4.69, 9.17) is 0 Å². The molecule has 0 aliphatic rings. The van der Waals surface area contributed by atoms with Crippen LogP contribution in [0.4, 0.5) is 0 Å². The van der Waals surface area contributed by atoms with Gasteiger partial charge in [0.2, 0.25) is 0 Å². The van der Waals surface area contributed by atoms with Crippen LogP contribution in [-0.4, -0.2) is 16.1 Å². The average Bonchev–Trinajstić information content (AvgIpc) is 2.48. The second kappa shape index (κ2) is 3.71. The molecule has 0 atom stereocenters.